The fraction of sp³-hybridized carbons (Fsp3) is 0.621. The Hall–Kier alpha value is -1.70. The van der Waals surface area contributed by atoms with Gasteiger partial charge in [0.1, 0.15) is 5.82 Å². The molecule has 1 aliphatic carbocycles. The lowest BCUT2D eigenvalue weighted by atomic mass is 9.77. The third-order valence-electron chi connectivity index (χ3n) is 7.23. The minimum Gasteiger partial charge on any atom is -0.256 e. The molecule has 0 amide bonds. The van der Waals surface area contributed by atoms with Crippen molar-refractivity contribution in [1.82, 2.24) is 4.98 Å². The molecule has 0 spiro atoms. The maximum atomic E-state index is 14.8. The van der Waals surface area contributed by atoms with E-state index in [9.17, 15) is 4.39 Å². The van der Waals surface area contributed by atoms with E-state index < -0.39 is 0 Å². The quantitative estimate of drug-likeness (QED) is 0.310. The van der Waals surface area contributed by atoms with E-state index in [1.54, 1.807) is 6.07 Å². The predicted octanol–water partition coefficient (Wildman–Crippen LogP) is 8.94. The Labute approximate surface area is 189 Å². The fourth-order valence-electron chi connectivity index (χ4n) is 5.07. The Kier molecular flexibility index (Phi) is 10.0. The normalized spacial score (nSPS) is 18.9. The second-order valence-electron chi connectivity index (χ2n) is 9.74. The minimum absolute atomic E-state index is 0.137. The molecule has 0 atom stereocenters. The van der Waals surface area contributed by atoms with Gasteiger partial charge in [0.2, 0.25) is 0 Å². The van der Waals surface area contributed by atoms with Gasteiger partial charge in [-0.2, -0.15) is 0 Å². The molecule has 1 aromatic heterocycles. The van der Waals surface area contributed by atoms with Crippen molar-refractivity contribution in [2.75, 3.05) is 0 Å². The van der Waals surface area contributed by atoms with E-state index in [2.05, 4.69) is 31.0 Å². The number of aromatic nitrogens is 1. The maximum Gasteiger partial charge on any atom is 0.132 e. The highest BCUT2D eigenvalue weighted by Gasteiger charge is 2.20. The zero-order valence-electron chi connectivity index (χ0n) is 19.8. The number of pyridine rings is 1. The van der Waals surface area contributed by atoms with E-state index >= 15 is 0 Å². The lowest BCUT2D eigenvalue weighted by Crippen LogP contribution is -2.15. The highest BCUT2D eigenvalue weighted by molar-refractivity contribution is 5.60. The van der Waals surface area contributed by atoms with Crippen LogP contribution in [0, 0.1) is 17.7 Å². The maximum absolute atomic E-state index is 14.8. The Morgan fingerprint density at radius 1 is 0.774 bits per heavy atom. The molecule has 0 radical (unpaired) electrons. The van der Waals surface area contributed by atoms with Crippen LogP contribution in [0.4, 0.5) is 4.39 Å². The molecule has 3 rings (SSSR count). The molecule has 0 unspecified atom stereocenters. The lowest BCUT2D eigenvalue weighted by Gasteiger charge is -2.28. The molecule has 1 saturated carbocycles. The monoisotopic (exact) mass is 423 g/mol. The summed E-state index contributed by atoms with van der Waals surface area (Å²) >= 11 is 0. The lowest BCUT2D eigenvalue weighted by molar-refractivity contribution is 0.249. The van der Waals surface area contributed by atoms with E-state index in [4.69, 9.17) is 0 Å². The number of hydrogen-bond acceptors (Lipinski definition) is 1. The van der Waals surface area contributed by atoms with Gasteiger partial charge in [0.15, 0.2) is 0 Å². The van der Waals surface area contributed by atoms with Gasteiger partial charge in [-0.1, -0.05) is 90.2 Å². The molecule has 1 heterocycles. The second-order valence-corrected chi connectivity index (χ2v) is 9.74. The Balaban J connectivity index is 1.44. The predicted molar refractivity (Wildman–Crippen MR) is 131 cm³/mol. The van der Waals surface area contributed by atoms with Crippen LogP contribution in [-0.2, 0) is 12.8 Å². The molecule has 1 aromatic carbocycles. The summed E-state index contributed by atoms with van der Waals surface area (Å²) < 4.78 is 14.8. The Bertz CT molecular complexity index is 759. The first kappa shape index (κ1) is 24.0. The largest absolute Gasteiger partial charge is 0.256 e. The van der Waals surface area contributed by atoms with Gasteiger partial charge in [-0.3, -0.25) is 4.98 Å². The first-order valence-corrected chi connectivity index (χ1v) is 12.9. The number of hydrogen-bond donors (Lipinski definition) is 0. The molecule has 31 heavy (non-hydrogen) atoms. The molecule has 1 fully saturated rings. The van der Waals surface area contributed by atoms with E-state index in [-0.39, 0.29) is 5.82 Å². The molecule has 2 heteroatoms. The summed E-state index contributed by atoms with van der Waals surface area (Å²) in [7, 11) is 0. The van der Waals surface area contributed by atoms with E-state index in [1.807, 2.05) is 18.3 Å². The fourth-order valence-corrected chi connectivity index (χ4v) is 5.07. The first-order chi connectivity index (χ1) is 15.2. The molecule has 0 aliphatic heterocycles. The molecule has 170 valence electrons. The first-order valence-electron chi connectivity index (χ1n) is 12.9. The van der Waals surface area contributed by atoms with Gasteiger partial charge < -0.3 is 0 Å². The van der Waals surface area contributed by atoms with Gasteiger partial charge in [0, 0.05) is 11.8 Å². The van der Waals surface area contributed by atoms with Crippen LogP contribution in [0.5, 0.6) is 0 Å². The number of rotatable bonds is 12. The number of nitrogens with zero attached hydrogens (tertiary/aromatic N) is 1. The van der Waals surface area contributed by atoms with Crippen LogP contribution in [0.3, 0.4) is 0 Å². The van der Waals surface area contributed by atoms with E-state index in [0.29, 0.717) is 5.56 Å². The summed E-state index contributed by atoms with van der Waals surface area (Å²) in [6.45, 7) is 4.48. The van der Waals surface area contributed by atoms with Crippen molar-refractivity contribution in [3.63, 3.8) is 0 Å². The van der Waals surface area contributed by atoms with E-state index in [0.717, 1.165) is 35.9 Å². The summed E-state index contributed by atoms with van der Waals surface area (Å²) in [5.74, 6) is 1.65. The molecule has 0 N–H and O–H groups in total. The Morgan fingerprint density at radius 2 is 1.48 bits per heavy atom. The Morgan fingerprint density at radius 3 is 2.13 bits per heavy atom. The van der Waals surface area contributed by atoms with Gasteiger partial charge in [-0.05, 0) is 66.8 Å². The average molecular weight is 424 g/mol. The van der Waals surface area contributed by atoms with Gasteiger partial charge in [0.05, 0.1) is 5.69 Å². The number of aryl methyl sites for hydroxylation is 2. The molecule has 1 nitrogen and oxygen atoms in total. The van der Waals surface area contributed by atoms with E-state index in [1.165, 1.54) is 82.6 Å². The summed E-state index contributed by atoms with van der Waals surface area (Å²) in [6.07, 6.45) is 20.0. The van der Waals surface area contributed by atoms with Crippen molar-refractivity contribution >= 4 is 0 Å². The highest BCUT2D eigenvalue weighted by Crippen LogP contribution is 2.34. The third-order valence-corrected chi connectivity index (χ3v) is 7.23. The topological polar surface area (TPSA) is 12.9 Å². The third kappa shape index (κ3) is 7.74. The van der Waals surface area contributed by atoms with Gasteiger partial charge in [-0.25, -0.2) is 4.39 Å². The van der Waals surface area contributed by atoms with Crippen molar-refractivity contribution in [3.05, 3.63) is 53.5 Å². The van der Waals surface area contributed by atoms with Gasteiger partial charge in [-0.15, -0.1) is 0 Å². The number of benzene rings is 1. The van der Waals surface area contributed by atoms with Crippen molar-refractivity contribution < 1.29 is 4.39 Å². The summed E-state index contributed by atoms with van der Waals surface area (Å²) in [5.41, 5.74) is 3.72. The van der Waals surface area contributed by atoms with Crippen LogP contribution in [0.15, 0.2) is 36.5 Å². The minimum atomic E-state index is -0.137. The SMILES string of the molecule is CCCCCCC1CCC(CCc2ccc(-c3ccc(CCCC)cn3)c(F)c2)CC1. The number of unbranched alkanes of at least 4 members (excludes halogenated alkanes) is 4. The average Bonchev–Trinajstić information content (AvgIpc) is 2.80. The summed E-state index contributed by atoms with van der Waals surface area (Å²) in [5, 5.41) is 0. The molecular formula is C29H42FN. The van der Waals surface area contributed by atoms with Crippen LogP contribution in [0.1, 0.15) is 102 Å². The van der Waals surface area contributed by atoms with Crippen molar-refractivity contribution in [2.45, 2.75) is 104 Å². The van der Waals surface area contributed by atoms with Crippen LogP contribution in [-0.4, -0.2) is 4.98 Å². The van der Waals surface area contributed by atoms with Crippen LogP contribution in [0.2, 0.25) is 0 Å². The molecule has 0 bridgehead atoms. The zero-order chi connectivity index (χ0) is 21.9. The van der Waals surface area contributed by atoms with Crippen molar-refractivity contribution in [2.24, 2.45) is 11.8 Å². The molecule has 0 saturated heterocycles. The van der Waals surface area contributed by atoms with Crippen molar-refractivity contribution in [1.29, 1.82) is 0 Å². The van der Waals surface area contributed by atoms with Gasteiger partial charge >= 0.3 is 0 Å². The number of halogens is 1. The summed E-state index contributed by atoms with van der Waals surface area (Å²) in [4.78, 5) is 4.51. The van der Waals surface area contributed by atoms with Crippen molar-refractivity contribution in [3.8, 4) is 11.3 Å². The summed E-state index contributed by atoms with van der Waals surface area (Å²) in [6, 6.07) is 9.81. The zero-order valence-corrected chi connectivity index (χ0v) is 19.8. The highest BCUT2D eigenvalue weighted by atomic mass is 19.1. The second kappa shape index (κ2) is 13.0. The smallest absolute Gasteiger partial charge is 0.132 e. The van der Waals surface area contributed by atoms with Gasteiger partial charge in [0.25, 0.3) is 0 Å². The van der Waals surface area contributed by atoms with Crippen LogP contribution < -0.4 is 0 Å². The molecule has 2 aromatic rings. The van der Waals surface area contributed by atoms with Crippen LogP contribution in [0.25, 0.3) is 11.3 Å². The standard InChI is InChI=1S/C29H42FN/c1-3-5-7-8-10-23-11-13-24(14-12-23)15-16-25-17-19-27(28(30)21-25)29-20-18-26(22-31-29)9-6-4-2/h17-24H,3-16H2,1-2H3. The molecule has 1 aliphatic rings. The van der Waals surface area contributed by atoms with Crippen LogP contribution >= 0.6 is 0 Å². The molecular weight excluding hydrogens is 381 g/mol.